The summed E-state index contributed by atoms with van der Waals surface area (Å²) < 4.78 is 26.7. The lowest BCUT2D eigenvalue weighted by Crippen LogP contribution is -2.03. The molecule has 0 aliphatic heterocycles. The zero-order valence-corrected chi connectivity index (χ0v) is 10.5. The van der Waals surface area contributed by atoms with Crippen LogP contribution in [0.3, 0.4) is 0 Å². The summed E-state index contributed by atoms with van der Waals surface area (Å²) in [5.41, 5.74) is 0.766. The van der Waals surface area contributed by atoms with Crippen LogP contribution in [-0.2, 0) is 6.42 Å². The number of hydrogen-bond donors (Lipinski definition) is 0. The summed E-state index contributed by atoms with van der Waals surface area (Å²) in [5, 5.41) is 0.0498. The Morgan fingerprint density at radius 1 is 1.19 bits per heavy atom. The molecule has 1 rings (SSSR count). The standard InChI is InChI=1S/C13H17ClF2/c1-3-4-11(14)8-7-10-6-5-9(2)12(15)13(10)16/h5-6,11H,3-4,7-8H2,1-2H3. The fraction of sp³-hybridized carbons (Fsp3) is 0.538. The molecule has 90 valence electrons. The van der Waals surface area contributed by atoms with E-state index in [0.717, 1.165) is 12.8 Å². The van der Waals surface area contributed by atoms with Crippen LogP contribution in [0.4, 0.5) is 8.78 Å². The van der Waals surface area contributed by atoms with Crippen molar-refractivity contribution in [2.45, 2.75) is 44.9 Å². The first-order chi connectivity index (χ1) is 7.56. The highest BCUT2D eigenvalue weighted by atomic mass is 35.5. The minimum absolute atomic E-state index is 0.0498. The van der Waals surface area contributed by atoms with Gasteiger partial charge in [0.15, 0.2) is 11.6 Å². The van der Waals surface area contributed by atoms with Gasteiger partial charge in [-0.1, -0.05) is 25.5 Å². The van der Waals surface area contributed by atoms with Gasteiger partial charge in [-0.2, -0.15) is 0 Å². The second kappa shape index (κ2) is 6.19. The Balaban J connectivity index is 2.64. The molecule has 0 aliphatic rings. The van der Waals surface area contributed by atoms with Crippen molar-refractivity contribution in [2.75, 3.05) is 0 Å². The van der Waals surface area contributed by atoms with Crippen molar-refractivity contribution in [3.05, 3.63) is 34.9 Å². The molecule has 1 atom stereocenters. The molecule has 0 amide bonds. The molecule has 0 saturated heterocycles. The highest BCUT2D eigenvalue weighted by Crippen LogP contribution is 2.19. The molecule has 0 saturated carbocycles. The van der Waals surface area contributed by atoms with Crippen molar-refractivity contribution < 1.29 is 8.78 Å². The smallest absolute Gasteiger partial charge is 0.162 e. The third-order valence-electron chi connectivity index (χ3n) is 2.68. The van der Waals surface area contributed by atoms with Crippen molar-refractivity contribution >= 4 is 11.6 Å². The van der Waals surface area contributed by atoms with Gasteiger partial charge in [0.25, 0.3) is 0 Å². The Morgan fingerprint density at radius 3 is 2.50 bits per heavy atom. The number of rotatable bonds is 5. The molecular formula is C13H17ClF2. The zero-order chi connectivity index (χ0) is 12.1. The van der Waals surface area contributed by atoms with Crippen LogP contribution >= 0.6 is 11.6 Å². The van der Waals surface area contributed by atoms with E-state index in [2.05, 4.69) is 6.92 Å². The van der Waals surface area contributed by atoms with E-state index in [1.54, 1.807) is 19.1 Å². The van der Waals surface area contributed by atoms with E-state index >= 15 is 0 Å². The third-order valence-corrected chi connectivity index (χ3v) is 3.12. The molecule has 0 spiro atoms. The highest BCUT2D eigenvalue weighted by Gasteiger charge is 2.12. The molecule has 1 unspecified atom stereocenters. The van der Waals surface area contributed by atoms with Gasteiger partial charge in [0.05, 0.1) is 0 Å². The number of alkyl halides is 1. The fourth-order valence-corrected chi connectivity index (χ4v) is 1.98. The molecule has 0 bridgehead atoms. The Morgan fingerprint density at radius 2 is 1.88 bits per heavy atom. The number of aryl methyl sites for hydroxylation is 2. The lowest BCUT2D eigenvalue weighted by atomic mass is 10.0. The monoisotopic (exact) mass is 246 g/mol. The summed E-state index contributed by atoms with van der Waals surface area (Å²) >= 11 is 6.04. The summed E-state index contributed by atoms with van der Waals surface area (Å²) in [5.74, 6) is -1.46. The van der Waals surface area contributed by atoms with Gasteiger partial charge < -0.3 is 0 Å². The van der Waals surface area contributed by atoms with E-state index in [0.29, 0.717) is 24.0 Å². The molecule has 0 heterocycles. The third kappa shape index (κ3) is 3.44. The Hall–Kier alpha value is -0.630. The summed E-state index contributed by atoms with van der Waals surface area (Å²) in [6, 6.07) is 3.25. The summed E-state index contributed by atoms with van der Waals surface area (Å²) in [6.45, 7) is 3.62. The van der Waals surface area contributed by atoms with Crippen LogP contribution in [0.2, 0.25) is 0 Å². The predicted octanol–water partition coefficient (Wildman–Crippen LogP) is 4.61. The average Bonchev–Trinajstić information content (AvgIpc) is 2.25. The second-order valence-electron chi connectivity index (χ2n) is 4.09. The molecule has 0 aliphatic carbocycles. The van der Waals surface area contributed by atoms with Crippen LogP contribution in [0.5, 0.6) is 0 Å². The molecule has 1 aromatic carbocycles. The SMILES string of the molecule is CCCC(Cl)CCc1ccc(C)c(F)c1F. The molecule has 0 N–H and O–H groups in total. The van der Waals surface area contributed by atoms with Crippen LogP contribution in [-0.4, -0.2) is 5.38 Å². The Labute approximate surface area is 101 Å². The summed E-state index contributed by atoms with van der Waals surface area (Å²) in [7, 11) is 0. The Bertz CT molecular complexity index is 350. The minimum Gasteiger partial charge on any atom is -0.203 e. The first-order valence-corrected chi connectivity index (χ1v) is 6.07. The van der Waals surface area contributed by atoms with Gasteiger partial charge in [-0.25, -0.2) is 8.78 Å². The molecule has 1 aromatic rings. The van der Waals surface area contributed by atoms with E-state index < -0.39 is 11.6 Å². The van der Waals surface area contributed by atoms with E-state index in [-0.39, 0.29) is 5.38 Å². The highest BCUT2D eigenvalue weighted by molar-refractivity contribution is 6.20. The van der Waals surface area contributed by atoms with Gasteiger partial charge in [-0.3, -0.25) is 0 Å². The van der Waals surface area contributed by atoms with Gasteiger partial charge in [0, 0.05) is 5.38 Å². The van der Waals surface area contributed by atoms with E-state index in [4.69, 9.17) is 11.6 Å². The molecule has 16 heavy (non-hydrogen) atoms. The van der Waals surface area contributed by atoms with E-state index in [1.165, 1.54) is 0 Å². The van der Waals surface area contributed by atoms with Crippen LogP contribution in [0.25, 0.3) is 0 Å². The lowest BCUT2D eigenvalue weighted by molar-refractivity contribution is 0.491. The van der Waals surface area contributed by atoms with Crippen LogP contribution in [0.1, 0.15) is 37.3 Å². The normalized spacial score (nSPS) is 12.8. The maximum Gasteiger partial charge on any atom is 0.162 e. The topological polar surface area (TPSA) is 0 Å². The van der Waals surface area contributed by atoms with Crippen molar-refractivity contribution in [3.63, 3.8) is 0 Å². The van der Waals surface area contributed by atoms with Gasteiger partial charge in [-0.15, -0.1) is 11.6 Å². The quantitative estimate of drug-likeness (QED) is 0.666. The van der Waals surface area contributed by atoms with Crippen molar-refractivity contribution in [1.29, 1.82) is 0 Å². The number of halogens is 3. The van der Waals surface area contributed by atoms with Crippen molar-refractivity contribution in [2.24, 2.45) is 0 Å². The van der Waals surface area contributed by atoms with Crippen molar-refractivity contribution in [1.82, 2.24) is 0 Å². The summed E-state index contributed by atoms with van der Waals surface area (Å²) in [4.78, 5) is 0. The number of hydrogen-bond acceptors (Lipinski definition) is 0. The maximum atomic E-state index is 13.5. The summed E-state index contributed by atoms with van der Waals surface area (Å²) in [6.07, 6.45) is 3.11. The molecule has 0 aromatic heterocycles. The average molecular weight is 247 g/mol. The predicted molar refractivity (Wildman–Crippen MR) is 64.0 cm³/mol. The number of benzene rings is 1. The van der Waals surface area contributed by atoms with E-state index in [9.17, 15) is 8.78 Å². The first kappa shape index (κ1) is 13.4. The van der Waals surface area contributed by atoms with Gasteiger partial charge in [-0.05, 0) is 37.3 Å². The lowest BCUT2D eigenvalue weighted by Gasteiger charge is -2.09. The van der Waals surface area contributed by atoms with Crippen LogP contribution in [0.15, 0.2) is 12.1 Å². The van der Waals surface area contributed by atoms with Gasteiger partial charge >= 0.3 is 0 Å². The van der Waals surface area contributed by atoms with Crippen molar-refractivity contribution in [3.8, 4) is 0 Å². The minimum atomic E-state index is -0.737. The Kier molecular flexibility index (Phi) is 5.20. The zero-order valence-electron chi connectivity index (χ0n) is 9.69. The van der Waals surface area contributed by atoms with Crippen LogP contribution in [0, 0.1) is 18.6 Å². The fourth-order valence-electron chi connectivity index (χ4n) is 1.65. The molecule has 3 heteroatoms. The molecule has 0 fully saturated rings. The molecule has 0 radical (unpaired) electrons. The van der Waals surface area contributed by atoms with Gasteiger partial charge in [0.2, 0.25) is 0 Å². The van der Waals surface area contributed by atoms with Crippen LogP contribution < -0.4 is 0 Å². The largest absolute Gasteiger partial charge is 0.203 e. The first-order valence-electron chi connectivity index (χ1n) is 5.63. The maximum absolute atomic E-state index is 13.5. The molecular weight excluding hydrogens is 230 g/mol. The van der Waals surface area contributed by atoms with Gasteiger partial charge in [0.1, 0.15) is 0 Å². The second-order valence-corrected chi connectivity index (χ2v) is 4.71. The molecule has 0 nitrogen and oxygen atoms in total. The van der Waals surface area contributed by atoms with E-state index in [1.807, 2.05) is 0 Å².